The molecule has 3 heterocycles. The monoisotopic (exact) mass is 296 g/mol. The number of fused-ring (bicyclic) bond motifs is 4. The number of rotatable bonds is 1. The molecule has 0 saturated heterocycles. The minimum atomic E-state index is 0.651. The van der Waals surface area contributed by atoms with E-state index in [0.29, 0.717) is 5.71 Å². The average Bonchev–Trinajstić information content (AvgIpc) is 2.99. The van der Waals surface area contributed by atoms with Gasteiger partial charge in [-0.15, -0.1) is 0 Å². The van der Waals surface area contributed by atoms with E-state index in [0.717, 1.165) is 38.5 Å². The van der Waals surface area contributed by atoms with Crippen LogP contribution in [0.2, 0.25) is 0 Å². The summed E-state index contributed by atoms with van der Waals surface area (Å²) in [6.45, 7) is 0. The summed E-state index contributed by atoms with van der Waals surface area (Å²) >= 11 is 0. The third-order valence-electron chi connectivity index (χ3n) is 4.16. The number of hydrogen-bond acceptors (Lipinski definition) is 3. The van der Waals surface area contributed by atoms with E-state index in [-0.39, 0.29) is 0 Å². The van der Waals surface area contributed by atoms with Crippen molar-refractivity contribution in [1.82, 2.24) is 9.97 Å². The fraction of sp³-hybridized carbons (Fsp3) is 0. The van der Waals surface area contributed by atoms with Gasteiger partial charge in [-0.05, 0) is 29.7 Å². The molecule has 5 aromatic rings. The third-order valence-corrected chi connectivity index (χ3v) is 4.16. The maximum atomic E-state index is 5.89. The molecule has 0 spiro atoms. The van der Waals surface area contributed by atoms with Crippen molar-refractivity contribution in [2.24, 2.45) is 0 Å². The molecule has 0 saturated carbocycles. The van der Waals surface area contributed by atoms with Gasteiger partial charge in [0, 0.05) is 22.4 Å². The van der Waals surface area contributed by atoms with Crippen LogP contribution in [0.4, 0.5) is 0 Å². The molecule has 0 N–H and O–H groups in total. The van der Waals surface area contributed by atoms with E-state index in [4.69, 9.17) is 9.40 Å². The number of benzene rings is 2. The van der Waals surface area contributed by atoms with Gasteiger partial charge in [0.05, 0.1) is 11.4 Å². The van der Waals surface area contributed by atoms with Gasteiger partial charge < -0.3 is 4.42 Å². The van der Waals surface area contributed by atoms with E-state index < -0.39 is 0 Å². The van der Waals surface area contributed by atoms with Crippen molar-refractivity contribution >= 4 is 32.8 Å². The number of pyridine rings is 2. The lowest BCUT2D eigenvalue weighted by atomic mass is 10.1. The van der Waals surface area contributed by atoms with Crippen LogP contribution in [0, 0.1) is 0 Å². The molecule has 0 aliphatic rings. The van der Waals surface area contributed by atoms with Crippen LogP contribution >= 0.6 is 0 Å². The molecule has 0 bridgehead atoms. The fourth-order valence-electron chi connectivity index (χ4n) is 3.06. The molecule has 2 aromatic carbocycles. The molecule has 3 aromatic heterocycles. The highest BCUT2D eigenvalue weighted by Gasteiger charge is 2.11. The number of para-hydroxylation sites is 1. The molecule has 108 valence electrons. The van der Waals surface area contributed by atoms with E-state index in [1.807, 2.05) is 48.7 Å². The van der Waals surface area contributed by atoms with E-state index >= 15 is 0 Å². The lowest BCUT2D eigenvalue weighted by Crippen LogP contribution is -1.89. The van der Waals surface area contributed by atoms with Gasteiger partial charge >= 0.3 is 0 Å². The predicted octanol–water partition coefficient (Wildman–Crippen LogP) is 5.20. The van der Waals surface area contributed by atoms with Gasteiger partial charge in [-0.1, -0.05) is 42.5 Å². The van der Waals surface area contributed by atoms with Crippen molar-refractivity contribution in [1.29, 1.82) is 0 Å². The van der Waals surface area contributed by atoms with Crippen LogP contribution in [0.5, 0.6) is 0 Å². The highest BCUT2D eigenvalue weighted by Crippen LogP contribution is 2.31. The van der Waals surface area contributed by atoms with E-state index in [1.165, 1.54) is 0 Å². The zero-order chi connectivity index (χ0) is 15.2. The number of hydrogen-bond donors (Lipinski definition) is 0. The molecular formula is C20H12N2O. The fourth-order valence-corrected chi connectivity index (χ4v) is 3.06. The second kappa shape index (κ2) is 4.65. The summed E-state index contributed by atoms with van der Waals surface area (Å²) < 4.78 is 5.89. The Morgan fingerprint density at radius 1 is 0.696 bits per heavy atom. The van der Waals surface area contributed by atoms with Crippen LogP contribution in [0.25, 0.3) is 44.2 Å². The van der Waals surface area contributed by atoms with E-state index in [9.17, 15) is 0 Å². The van der Waals surface area contributed by atoms with Gasteiger partial charge in [0.2, 0.25) is 5.71 Å². The Labute approximate surface area is 132 Å². The standard InChI is InChI=1S/C20H12N2O/c1-2-6-14-13(5-1)11-12-21-19(14)17-10-9-16-15-7-3-4-8-18(15)23-20(16)22-17/h1-12H. The first-order valence-corrected chi connectivity index (χ1v) is 7.52. The molecular weight excluding hydrogens is 284 g/mol. The van der Waals surface area contributed by atoms with Crippen molar-refractivity contribution < 1.29 is 4.42 Å². The third kappa shape index (κ3) is 1.83. The van der Waals surface area contributed by atoms with Crippen molar-refractivity contribution in [2.75, 3.05) is 0 Å². The molecule has 3 heteroatoms. The van der Waals surface area contributed by atoms with Crippen LogP contribution in [0.3, 0.4) is 0 Å². The van der Waals surface area contributed by atoms with Crippen molar-refractivity contribution in [3.8, 4) is 11.4 Å². The van der Waals surface area contributed by atoms with E-state index in [2.05, 4.69) is 29.2 Å². The number of aromatic nitrogens is 2. The summed E-state index contributed by atoms with van der Waals surface area (Å²) in [6.07, 6.45) is 1.82. The lowest BCUT2D eigenvalue weighted by molar-refractivity contribution is 0.654. The first-order valence-electron chi connectivity index (χ1n) is 7.52. The average molecular weight is 296 g/mol. The molecule has 3 nitrogen and oxygen atoms in total. The molecule has 23 heavy (non-hydrogen) atoms. The Balaban J connectivity index is 1.81. The zero-order valence-corrected chi connectivity index (χ0v) is 12.2. The van der Waals surface area contributed by atoms with Gasteiger partial charge in [0.25, 0.3) is 0 Å². The van der Waals surface area contributed by atoms with Gasteiger partial charge in [-0.3, -0.25) is 4.98 Å². The molecule has 5 rings (SSSR count). The maximum Gasteiger partial charge on any atom is 0.227 e. The van der Waals surface area contributed by atoms with Crippen molar-refractivity contribution in [2.45, 2.75) is 0 Å². The predicted molar refractivity (Wildman–Crippen MR) is 92.3 cm³/mol. The summed E-state index contributed by atoms with van der Waals surface area (Å²) in [5, 5.41) is 4.37. The smallest absolute Gasteiger partial charge is 0.227 e. The van der Waals surface area contributed by atoms with Crippen molar-refractivity contribution in [3.05, 3.63) is 72.9 Å². The van der Waals surface area contributed by atoms with Gasteiger partial charge in [-0.2, -0.15) is 0 Å². The Morgan fingerprint density at radius 3 is 2.48 bits per heavy atom. The minimum Gasteiger partial charge on any atom is -0.438 e. The topological polar surface area (TPSA) is 38.9 Å². The summed E-state index contributed by atoms with van der Waals surface area (Å²) in [5.74, 6) is 0. The SMILES string of the molecule is c1ccc2c(-c3ccc4c(n3)oc3ccccc34)nccc2c1. The molecule has 0 unspecified atom stereocenters. The molecule has 0 radical (unpaired) electrons. The van der Waals surface area contributed by atoms with Crippen LogP contribution in [-0.4, -0.2) is 9.97 Å². The van der Waals surface area contributed by atoms with Crippen LogP contribution in [0.15, 0.2) is 77.3 Å². The summed E-state index contributed by atoms with van der Waals surface area (Å²) in [4.78, 5) is 9.24. The normalized spacial score (nSPS) is 11.5. The Morgan fingerprint density at radius 2 is 1.52 bits per heavy atom. The van der Waals surface area contributed by atoms with Gasteiger partial charge in [-0.25, -0.2) is 4.98 Å². The second-order valence-corrected chi connectivity index (χ2v) is 5.53. The first kappa shape index (κ1) is 12.4. The molecule has 0 atom stereocenters. The molecule has 0 aliphatic heterocycles. The van der Waals surface area contributed by atoms with Gasteiger partial charge in [0.15, 0.2) is 0 Å². The second-order valence-electron chi connectivity index (χ2n) is 5.53. The number of furan rings is 1. The molecule has 0 amide bonds. The minimum absolute atomic E-state index is 0.651. The molecule has 0 fully saturated rings. The van der Waals surface area contributed by atoms with Crippen LogP contribution in [-0.2, 0) is 0 Å². The molecule has 0 aliphatic carbocycles. The van der Waals surface area contributed by atoms with Crippen LogP contribution < -0.4 is 0 Å². The Bertz CT molecular complexity index is 1170. The summed E-state index contributed by atoms with van der Waals surface area (Å²) in [5.41, 5.74) is 3.22. The Kier molecular flexibility index (Phi) is 2.50. The van der Waals surface area contributed by atoms with Crippen molar-refractivity contribution in [3.63, 3.8) is 0 Å². The van der Waals surface area contributed by atoms with Gasteiger partial charge in [0.1, 0.15) is 5.58 Å². The van der Waals surface area contributed by atoms with Crippen LogP contribution in [0.1, 0.15) is 0 Å². The summed E-state index contributed by atoms with van der Waals surface area (Å²) in [6, 6.07) is 22.3. The number of nitrogens with zero attached hydrogens (tertiary/aromatic N) is 2. The summed E-state index contributed by atoms with van der Waals surface area (Å²) in [7, 11) is 0. The lowest BCUT2D eigenvalue weighted by Gasteiger charge is -2.04. The largest absolute Gasteiger partial charge is 0.438 e. The quantitative estimate of drug-likeness (QED) is 0.427. The highest BCUT2D eigenvalue weighted by molar-refractivity contribution is 6.04. The van der Waals surface area contributed by atoms with E-state index in [1.54, 1.807) is 0 Å². The highest BCUT2D eigenvalue weighted by atomic mass is 16.3. The maximum absolute atomic E-state index is 5.89. The zero-order valence-electron chi connectivity index (χ0n) is 12.2. The Hall–Kier alpha value is -3.20. The first-order chi connectivity index (χ1) is 11.4.